The Balaban J connectivity index is 2.42. The third-order valence-electron chi connectivity index (χ3n) is 2.50. The summed E-state index contributed by atoms with van der Waals surface area (Å²) in [5.41, 5.74) is -0.421. The van der Waals surface area contributed by atoms with E-state index in [1.165, 1.54) is 24.4 Å². The number of carboxylic acids is 2. The molecule has 2 aromatic rings. The van der Waals surface area contributed by atoms with E-state index in [0.29, 0.717) is 0 Å². The van der Waals surface area contributed by atoms with E-state index in [1.807, 2.05) is 0 Å². The molecular formula is C13H9FN2O4. The SMILES string of the molecule is O=C(O)c1cncc(Nc2c(F)cccc2C(=O)O)c1. The molecule has 2 rings (SSSR count). The number of para-hydroxylation sites is 1. The summed E-state index contributed by atoms with van der Waals surface area (Å²) in [5, 5.41) is 20.4. The number of anilines is 2. The second-order valence-corrected chi connectivity index (χ2v) is 3.86. The van der Waals surface area contributed by atoms with Gasteiger partial charge in [0.25, 0.3) is 0 Å². The molecule has 6 nitrogen and oxygen atoms in total. The number of nitrogens with one attached hydrogen (secondary N) is 1. The van der Waals surface area contributed by atoms with Gasteiger partial charge in [0.2, 0.25) is 0 Å². The number of halogens is 1. The Hall–Kier alpha value is -2.96. The summed E-state index contributed by atoms with van der Waals surface area (Å²) in [6, 6.07) is 4.84. The quantitative estimate of drug-likeness (QED) is 0.792. The Morgan fingerprint density at radius 1 is 1.15 bits per heavy atom. The van der Waals surface area contributed by atoms with Crippen molar-refractivity contribution in [2.24, 2.45) is 0 Å². The predicted molar refractivity (Wildman–Crippen MR) is 67.8 cm³/mol. The van der Waals surface area contributed by atoms with Crippen LogP contribution in [0.4, 0.5) is 15.8 Å². The van der Waals surface area contributed by atoms with E-state index in [0.717, 1.165) is 12.3 Å². The van der Waals surface area contributed by atoms with Crippen molar-refractivity contribution in [3.05, 3.63) is 53.6 Å². The molecule has 102 valence electrons. The van der Waals surface area contributed by atoms with Gasteiger partial charge in [-0.25, -0.2) is 14.0 Å². The van der Waals surface area contributed by atoms with Crippen LogP contribution in [0.1, 0.15) is 20.7 Å². The third-order valence-corrected chi connectivity index (χ3v) is 2.50. The maximum atomic E-state index is 13.7. The van der Waals surface area contributed by atoms with E-state index in [-0.39, 0.29) is 22.5 Å². The topological polar surface area (TPSA) is 99.5 Å². The van der Waals surface area contributed by atoms with E-state index in [4.69, 9.17) is 10.2 Å². The van der Waals surface area contributed by atoms with Gasteiger partial charge in [0, 0.05) is 6.20 Å². The molecule has 0 spiro atoms. The second-order valence-electron chi connectivity index (χ2n) is 3.86. The minimum Gasteiger partial charge on any atom is -0.478 e. The number of pyridine rings is 1. The summed E-state index contributed by atoms with van der Waals surface area (Å²) in [7, 11) is 0. The average Bonchev–Trinajstić information content (AvgIpc) is 2.41. The molecule has 3 N–H and O–H groups in total. The lowest BCUT2D eigenvalue weighted by Crippen LogP contribution is -2.06. The van der Waals surface area contributed by atoms with Crippen LogP contribution in [0.5, 0.6) is 0 Å². The molecule has 1 aromatic heterocycles. The molecule has 0 amide bonds. The Kier molecular flexibility index (Phi) is 3.60. The van der Waals surface area contributed by atoms with Crippen LogP contribution in [0.25, 0.3) is 0 Å². The number of rotatable bonds is 4. The van der Waals surface area contributed by atoms with Crippen molar-refractivity contribution in [2.45, 2.75) is 0 Å². The summed E-state index contributed by atoms with van der Waals surface area (Å²) in [4.78, 5) is 25.5. The fourth-order valence-corrected chi connectivity index (χ4v) is 1.60. The Morgan fingerprint density at radius 2 is 1.90 bits per heavy atom. The van der Waals surface area contributed by atoms with E-state index in [2.05, 4.69) is 10.3 Å². The first kappa shape index (κ1) is 13.5. The van der Waals surface area contributed by atoms with E-state index >= 15 is 0 Å². The number of aromatic nitrogens is 1. The zero-order valence-electron chi connectivity index (χ0n) is 10.0. The van der Waals surface area contributed by atoms with Gasteiger partial charge in [0.15, 0.2) is 0 Å². The van der Waals surface area contributed by atoms with Crippen LogP contribution in [-0.4, -0.2) is 27.1 Å². The number of benzene rings is 1. The monoisotopic (exact) mass is 276 g/mol. The molecule has 0 unspecified atom stereocenters. The summed E-state index contributed by atoms with van der Waals surface area (Å²) >= 11 is 0. The molecule has 0 aliphatic carbocycles. The van der Waals surface area contributed by atoms with Crippen molar-refractivity contribution in [2.75, 3.05) is 5.32 Å². The minimum absolute atomic E-state index is 0.0942. The standard InChI is InChI=1S/C13H9FN2O4/c14-10-3-1-2-9(13(19)20)11(10)16-8-4-7(12(17)18)5-15-6-8/h1-6,16H,(H,17,18)(H,19,20). The van der Waals surface area contributed by atoms with Crippen LogP contribution < -0.4 is 5.32 Å². The molecule has 0 aliphatic heterocycles. The van der Waals surface area contributed by atoms with Crippen LogP contribution in [-0.2, 0) is 0 Å². The summed E-state index contributed by atoms with van der Waals surface area (Å²) in [6.45, 7) is 0. The number of carbonyl (C=O) groups is 2. The smallest absolute Gasteiger partial charge is 0.337 e. The molecule has 0 aliphatic rings. The third kappa shape index (κ3) is 2.72. The Labute approximate surface area is 112 Å². The first-order valence-electron chi connectivity index (χ1n) is 5.46. The van der Waals surface area contributed by atoms with Gasteiger partial charge < -0.3 is 15.5 Å². The van der Waals surface area contributed by atoms with Gasteiger partial charge in [0.05, 0.1) is 28.7 Å². The van der Waals surface area contributed by atoms with Gasteiger partial charge in [-0.1, -0.05) is 6.07 Å². The molecule has 1 aromatic carbocycles. The lowest BCUT2D eigenvalue weighted by atomic mass is 10.1. The maximum absolute atomic E-state index is 13.7. The van der Waals surface area contributed by atoms with Crippen molar-refractivity contribution >= 4 is 23.3 Å². The van der Waals surface area contributed by atoms with Crippen LogP contribution in [0.2, 0.25) is 0 Å². The van der Waals surface area contributed by atoms with Gasteiger partial charge in [0.1, 0.15) is 5.82 Å². The van der Waals surface area contributed by atoms with Gasteiger partial charge in [-0.05, 0) is 18.2 Å². The maximum Gasteiger partial charge on any atom is 0.337 e. The molecule has 0 atom stereocenters. The van der Waals surface area contributed by atoms with E-state index in [9.17, 15) is 14.0 Å². The predicted octanol–water partition coefficient (Wildman–Crippen LogP) is 2.36. The lowest BCUT2D eigenvalue weighted by molar-refractivity contribution is 0.0686. The van der Waals surface area contributed by atoms with Crippen molar-refractivity contribution in [1.82, 2.24) is 4.98 Å². The van der Waals surface area contributed by atoms with Gasteiger partial charge in [-0.3, -0.25) is 4.98 Å². The first-order valence-corrected chi connectivity index (χ1v) is 5.46. The molecule has 0 fully saturated rings. The average molecular weight is 276 g/mol. The van der Waals surface area contributed by atoms with Gasteiger partial charge >= 0.3 is 11.9 Å². The summed E-state index contributed by atoms with van der Waals surface area (Å²) in [5.74, 6) is -3.24. The molecule has 7 heteroatoms. The molecule has 1 heterocycles. The molecule has 0 saturated heterocycles. The number of nitrogens with zero attached hydrogens (tertiary/aromatic N) is 1. The second kappa shape index (κ2) is 5.35. The van der Waals surface area contributed by atoms with E-state index < -0.39 is 17.8 Å². The summed E-state index contributed by atoms with van der Waals surface area (Å²) in [6.07, 6.45) is 2.40. The van der Waals surface area contributed by atoms with Crippen molar-refractivity contribution in [3.8, 4) is 0 Å². The highest BCUT2D eigenvalue weighted by atomic mass is 19.1. The minimum atomic E-state index is -1.30. The first-order chi connectivity index (χ1) is 9.49. The number of hydrogen-bond acceptors (Lipinski definition) is 4. The van der Waals surface area contributed by atoms with Crippen molar-refractivity contribution < 1.29 is 24.2 Å². The number of hydrogen-bond donors (Lipinski definition) is 3. The lowest BCUT2D eigenvalue weighted by Gasteiger charge is -2.10. The van der Waals surface area contributed by atoms with E-state index in [1.54, 1.807) is 0 Å². The van der Waals surface area contributed by atoms with Crippen molar-refractivity contribution in [1.29, 1.82) is 0 Å². The van der Waals surface area contributed by atoms with Crippen LogP contribution in [0, 0.1) is 5.82 Å². The van der Waals surface area contributed by atoms with Crippen LogP contribution >= 0.6 is 0 Å². The fourth-order valence-electron chi connectivity index (χ4n) is 1.60. The molecule has 0 bridgehead atoms. The largest absolute Gasteiger partial charge is 0.478 e. The van der Waals surface area contributed by atoms with Crippen molar-refractivity contribution in [3.63, 3.8) is 0 Å². The highest BCUT2D eigenvalue weighted by Gasteiger charge is 2.15. The number of carboxylic acid groups (broad SMARTS) is 2. The highest BCUT2D eigenvalue weighted by Crippen LogP contribution is 2.24. The van der Waals surface area contributed by atoms with Gasteiger partial charge in [-0.2, -0.15) is 0 Å². The Morgan fingerprint density at radius 3 is 2.55 bits per heavy atom. The highest BCUT2D eigenvalue weighted by molar-refractivity contribution is 5.95. The fraction of sp³-hybridized carbons (Fsp3) is 0. The molecule has 20 heavy (non-hydrogen) atoms. The van der Waals surface area contributed by atoms with Crippen LogP contribution in [0.15, 0.2) is 36.7 Å². The number of aromatic carboxylic acids is 2. The van der Waals surface area contributed by atoms with Gasteiger partial charge in [-0.15, -0.1) is 0 Å². The molecule has 0 saturated carbocycles. The molecular weight excluding hydrogens is 267 g/mol. The molecule has 0 radical (unpaired) electrons. The Bertz CT molecular complexity index is 688. The zero-order valence-corrected chi connectivity index (χ0v) is 10.0. The normalized spacial score (nSPS) is 10.1. The zero-order chi connectivity index (χ0) is 14.7. The van der Waals surface area contributed by atoms with Crippen LogP contribution in [0.3, 0.4) is 0 Å². The summed E-state index contributed by atoms with van der Waals surface area (Å²) < 4.78 is 13.7.